The average Bonchev–Trinajstić information content (AvgIpc) is 3.51. The number of fused-ring (bicyclic) bond motifs is 7. The molecule has 2 aromatic heterocycles. The Morgan fingerprint density at radius 1 is 0.500 bits per heavy atom. The smallest absolute Gasteiger partial charge is 0.240 e. The van der Waals surface area contributed by atoms with E-state index in [-0.39, 0.29) is 35.4 Å². The molecule has 0 bridgehead atoms. The lowest BCUT2D eigenvalue weighted by atomic mass is 9.89. The van der Waals surface area contributed by atoms with Crippen molar-refractivity contribution >= 4 is 60.7 Å². The Kier molecular flexibility index (Phi) is 4.29. The summed E-state index contributed by atoms with van der Waals surface area (Å²) >= 11 is 0. The molecule has 9 aromatic rings. The Bertz CT molecular complexity index is 2870. The minimum absolute atomic E-state index is 0.0262. The number of hydrogen-bond donors (Lipinski definition) is 0. The maximum Gasteiger partial charge on any atom is 0.240 e. The molecule has 10 rings (SSSR count). The van der Waals surface area contributed by atoms with Crippen LogP contribution in [0.1, 0.15) is 6.85 Å². The van der Waals surface area contributed by atoms with Crippen LogP contribution in [0.5, 0.6) is 0 Å². The number of anilines is 3. The predicted octanol–water partition coefficient (Wildman–Crippen LogP) is 10.4. The van der Waals surface area contributed by atoms with Gasteiger partial charge in [-0.15, -0.1) is 0 Å². The highest BCUT2D eigenvalue weighted by molar-refractivity contribution is 6.18. The Hall–Kier alpha value is -6.33. The van der Waals surface area contributed by atoms with E-state index >= 15 is 0 Å². The molecule has 0 atom stereocenters. The van der Waals surface area contributed by atoms with Crippen LogP contribution < -0.4 is 4.90 Å². The van der Waals surface area contributed by atoms with E-state index in [9.17, 15) is 0 Å². The molecule has 0 amide bonds. The van der Waals surface area contributed by atoms with Gasteiger partial charge in [0.05, 0.1) is 29.3 Å². The summed E-state index contributed by atoms with van der Waals surface area (Å²) in [6.45, 7) is 0. The number of aromatic nitrogens is 4. The summed E-state index contributed by atoms with van der Waals surface area (Å²) in [5.41, 5.74) is 5.45. The molecule has 5 nitrogen and oxygen atoms in total. The largest absolute Gasteiger partial charge is 0.278 e. The van der Waals surface area contributed by atoms with Crippen molar-refractivity contribution in [3.8, 4) is 28.5 Å². The van der Waals surface area contributed by atoms with Crippen LogP contribution in [0, 0.1) is 0 Å². The van der Waals surface area contributed by atoms with Gasteiger partial charge in [0.25, 0.3) is 0 Å². The van der Waals surface area contributed by atoms with Gasteiger partial charge in [0.2, 0.25) is 11.9 Å². The number of para-hydroxylation sites is 2. The molecule has 7 aromatic carbocycles. The topological polar surface area (TPSA) is 46.8 Å². The van der Waals surface area contributed by atoms with Crippen LogP contribution in [-0.4, -0.2) is 19.5 Å². The third-order valence-electron chi connectivity index (χ3n) is 8.85. The third-order valence-corrected chi connectivity index (χ3v) is 8.85. The fourth-order valence-electron chi connectivity index (χ4n) is 6.94. The molecule has 0 saturated carbocycles. The molecule has 214 valence electrons. The summed E-state index contributed by atoms with van der Waals surface area (Å²) < 4.78 is 45.0. The zero-order chi connectivity index (χ0) is 34.5. The highest BCUT2D eigenvalue weighted by Gasteiger charge is 2.30. The lowest BCUT2D eigenvalue weighted by molar-refractivity contribution is 0.934. The first kappa shape index (κ1) is 20.6. The molecule has 0 aliphatic carbocycles. The summed E-state index contributed by atoms with van der Waals surface area (Å²) in [6, 6.07) is 38.7. The maximum atomic E-state index is 8.92. The lowest BCUT2D eigenvalue weighted by Gasteiger charge is -2.33. The minimum atomic E-state index is -0.481. The van der Waals surface area contributed by atoms with Gasteiger partial charge < -0.3 is 0 Å². The van der Waals surface area contributed by atoms with Crippen molar-refractivity contribution in [2.75, 3.05) is 4.90 Å². The molecule has 5 heteroatoms. The van der Waals surface area contributed by atoms with E-state index in [0.29, 0.717) is 0 Å². The van der Waals surface area contributed by atoms with Gasteiger partial charge in [0, 0.05) is 32.7 Å². The summed E-state index contributed by atoms with van der Waals surface area (Å²) in [5, 5.41) is 6.13. The van der Waals surface area contributed by atoms with Gasteiger partial charge in [0.15, 0.2) is 5.82 Å². The molecule has 0 fully saturated rings. The van der Waals surface area contributed by atoms with Gasteiger partial charge >= 0.3 is 0 Å². The van der Waals surface area contributed by atoms with Crippen LogP contribution in [0.4, 0.5) is 17.3 Å². The zero-order valence-corrected chi connectivity index (χ0v) is 24.3. The highest BCUT2D eigenvalue weighted by Crippen LogP contribution is 2.52. The average molecular weight is 593 g/mol. The van der Waals surface area contributed by atoms with Crippen LogP contribution >= 0.6 is 0 Å². The van der Waals surface area contributed by atoms with Gasteiger partial charge in [0.1, 0.15) is 0 Å². The van der Waals surface area contributed by atoms with Gasteiger partial charge in [-0.05, 0) is 34.5 Å². The van der Waals surface area contributed by atoms with E-state index in [4.69, 9.17) is 21.8 Å². The lowest BCUT2D eigenvalue weighted by Crippen LogP contribution is -2.20. The van der Waals surface area contributed by atoms with Gasteiger partial charge in [-0.3, -0.25) is 9.47 Å². The molecule has 0 N–H and O–H groups in total. The van der Waals surface area contributed by atoms with Gasteiger partial charge in [-0.25, -0.2) is 0 Å². The maximum absolute atomic E-state index is 8.92. The monoisotopic (exact) mass is 592 g/mol. The van der Waals surface area contributed by atoms with E-state index in [2.05, 4.69) is 60.7 Å². The predicted molar refractivity (Wildman–Crippen MR) is 188 cm³/mol. The van der Waals surface area contributed by atoms with E-state index < -0.39 is 18.1 Å². The Morgan fingerprint density at radius 2 is 1.15 bits per heavy atom. The molecule has 3 heterocycles. The molecule has 0 spiro atoms. The van der Waals surface area contributed by atoms with E-state index in [1.807, 2.05) is 70.1 Å². The number of benzene rings is 7. The fraction of sp³-hybridized carbons (Fsp3) is 0. The van der Waals surface area contributed by atoms with Gasteiger partial charge in [-0.2, -0.15) is 15.0 Å². The number of rotatable bonds is 3. The van der Waals surface area contributed by atoms with Crippen molar-refractivity contribution in [3.63, 3.8) is 0 Å². The SMILES string of the molecule is [2H]c1c([2H])c([2H])c(-c2nc(N3c4c(ccc5ccccc45)-c4cccc5cccc3c45)nc(-n3c4ccccc4c4ccccc43)n2)c([2H])c1[2H]. The molecule has 46 heavy (non-hydrogen) atoms. The van der Waals surface area contributed by atoms with Crippen LogP contribution in [0.15, 0.2) is 152 Å². The minimum Gasteiger partial charge on any atom is -0.278 e. The summed E-state index contributed by atoms with van der Waals surface area (Å²) in [5.74, 6) is 0.483. The normalized spacial score (nSPS) is 13.8. The van der Waals surface area contributed by atoms with Crippen molar-refractivity contribution in [2.45, 2.75) is 0 Å². The Labute approximate surface area is 271 Å². The summed E-state index contributed by atoms with van der Waals surface area (Å²) in [4.78, 5) is 17.2. The van der Waals surface area contributed by atoms with Crippen molar-refractivity contribution in [1.29, 1.82) is 0 Å². The molecule has 0 unspecified atom stereocenters. The van der Waals surface area contributed by atoms with E-state index in [1.54, 1.807) is 0 Å². The quantitative estimate of drug-likeness (QED) is 0.205. The zero-order valence-electron chi connectivity index (χ0n) is 29.3. The standard InChI is InChI=1S/C41H25N5/c1-2-13-28(14-3-1)39-42-40(45-34-21-8-6-18-30(34)31-19-7-9-22-35(31)45)44-41(43-39)46-36-23-11-16-27-15-10-20-32(37(27)36)33-25-24-26-12-4-5-17-29(26)38(33)46/h1-25H/i1D,2D,3D,13D,14D. The second-order valence-corrected chi connectivity index (χ2v) is 11.3. The first-order valence-corrected chi connectivity index (χ1v) is 15.1. The Balaban J connectivity index is 1.37. The van der Waals surface area contributed by atoms with Crippen LogP contribution in [-0.2, 0) is 0 Å². The second-order valence-electron chi connectivity index (χ2n) is 11.3. The first-order chi connectivity index (χ1) is 24.9. The van der Waals surface area contributed by atoms with Crippen LogP contribution in [0.25, 0.3) is 71.8 Å². The van der Waals surface area contributed by atoms with Crippen molar-refractivity contribution < 1.29 is 6.85 Å². The van der Waals surface area contributed by atoms with E-state index in [1.165, 1.54) is 0 Å². The third kappa shape index (κ3) is 3.54. The molecule has 1 aliphatic heterocycles. The first-order valence-electron chi connectivity index (χ1n) is 17.6. The molecule has 1 aliphatic rings. The highest BCUT2D eigenvalue weighted by atomic mass is 15.3. The molecule has 0 radical (unpaired) electrons. The Morgan fingerprint density at radius 3 is 1.93 bits per heavy atom. The van der Waals surface area contributed by atoms with Crippen LogP contribution in [0.2, 0.25) is 0 Å². The van der Waals surface area contributed by atoms with Gasteiger partial charge in [-0.1, -0.05) is 133 Å². The molecule has 0 saturated heterocycles. The van der Waals surface area contributed by atoms with Crippen molar-refractivity contribution in [2.24, 2.45) is 0 Å². The van der Waals surface area contributed by atoms with Crippen LogP contribution in [0.3, 0.4) is 0 Å². The molecular weight excluding hydrogens is 562 g/mol. The summed E-state index contributed by atoms with van der Waals surface area (Å²) in [7, 11) is 0. The summed E-state index contributed by atoms with van der Waals surface area (Å²) in [6.07, 6.45) is 0. The molecular formula is C41H25N5. The second kappa shape index (κ2) is 9.58. The fourth-order valence-corrected chi connectivity index (χ4v) is 6.94. The van der Waals surface area contributed by atoms with E-state index in [0.717, 1.165) is 65.9 Å². The number of nitrogens with zero attached hydrogens (tertiary/aromatic N) is 5. The van der Waals surface area contributed by atoms with Crippen molar-refractivity contribution in [1.82, 2.24) is 19.5 Å². The van der Waals surface area contributed by atoms with Crippen molar-refractivity contribution in [3.05, 3.63) is 152 Å². The number of hydrogen-bond acceptors (Lipinski definition) is 4.